The highest BCUT2D eigenvalue weighted by Gasteiger charge is 2.23. The molecule has 1 aliphatic rings. The molecule has 1 N–H and O–H groups in total. The Hall–Kier alpha value is -0.000000000000000222. The van der Waals surface area contributed by atoms with Crippen molar-refractivity contribution in [1.82, 2.24) is 10.2 Å². The number of hydrogen-bond acceptors (Lipinski definition) is 3. The summed E-state index contributed by atoms with van der Waals surface area (Å²) in [6.07, 6.45) is 5.09. The first-order valence-electron chi connectivity index (χ1n) is 8.04. The van der Waals surface area contributed by atoms with Crippen molar-refractivity contribution in [2.45, 2.75) is 38.6 Å². The Balaban J connectivity index is 0.00000242. The normalized spacial score (nSPS) is 16.1. The van der Waals surface area contributed by atoms with E-state index in [9.17, 15) is 0 Å². The van der Waals surface area contributed by atoms with Gasteiger partial charge in [-0.3, -0.25) is 4.90 Å². The maximum atomic E-state index is 5.42. The summed E-state index contributed by atoms with van der Waals surface area (Å²) < 4.78 is 6.62. The van der Waals surface area contributed by atoms with E-state index in [-0.39, 0.29) is 24.8 Å². The number of piperazine rings is 1. The summed E-state index contributed by atoms with van der Waals surface area (Å²) in [5.41, 5.74) is 1.37. The number of nitrogens with zero attached hydrogens (tertiary/aromatic N) is 1. The van der Waals surface area contributed by atoms with Crippen LogP contribution in [0, 0.1) is 0 Å². The molecule has 2 rings (SSSR count). The fourth-order valence-corrected chi connectivity index (χ4v) is 3.53. The molecule has 0 aromatic heterocycles. The third-order valence-electron chi connectivity index (χ3n) is 4.24. The summed E-state index contributed by atoms with van der Waals surface area (Å²) in [4.78, 5) is 2.62. The molecule has 1 aliphatic heterocycles. The van der Waals surface area contributed by atoms with Crippen LogP contribution in [0.4, 0.5) is 0 Å². The Bertz CT molecular complexity index is 443. The average Bonchev–Trinajstić information content (AvgIpc) is 2.53. The first-order valence-corrected chi connectivity index (χ1v) is 8.83. The Morgan fingerprint density at radius 3 is 2.52 bits per heavy atom. The largest absolute Gasteiger partial charge is 0.497 e. The molecule has 1 fully saturated rings. The Morgan fingerprint density at radius 2 is 1.91 bits per heavy atom. The standard InChI is InChI=1S/C17H27BrN2O.2ClH/c1-3-4-5-6-17(20-11-9-19-10-12-20)15-13-14(21-2)7-8-16(15)18;;/h7-8,13,17,19H,3-6,9-12H2,1-2H3;2*1H/t17-;;/m1../s1. The Kier molecular flexibility index (Phi) is 12.4. The van der Waals surface area contributed by atoms with E-state index in [4.69, 9.17) is 4.74 Å². The SMILES string of the molecule is CCCCC[C@H](c1cc(OC)ccc1Br)N1CCNCC1.Cl.Cl. The summed E-state index contributed by atoms with van der Waals surface area (Å²) in [6.45, 7) is 6.69. The number of rotatable bonds is 7. The smallest absolute Gasteiger partial charge is 0.119 e. The van der Waals surface area contributed by atoms with E-state index in [1.807, 2.05) is 6.07 Å². The lowest BCUT2D eigenvalue weighted by Crippen LogP contribution is -2.45. The summed E-state index contributed by atoms with van der Waals surface area (Å²) in [7, 11) is 1.74. The molecule has 23 heavy (non-hydrogen) atoms. The molecule has 0 spiro atoms. The molecule has 0 radical (unpaired) electrons. The van der Waals surface area contributed by atoms with Crippen molar-refractivity contribution in [1.29, 1.82) is 0 Å². The van der Waals surface area contributed by atoms with Crippen LogP contribution in [0.15, 0.2) is 22.7 Å². The van der Waals surface area contributed by atoms with Gasteiger partial charge in [0.2, 0.25) is 0 Å². The minimum absolute atomic E-state index is 0. The molecule has 3 nitrogen and oxygen atoms in total. The van der Waals surface area contributed by atoms with Crippen molar-refractivity contribution in [3.05, 3.63) is 28.2 Å². The number of benzene rings is 1. The second kappa shape index (κ2) is 12.4. The van der Waals surface area contributed by atoms with E-state index in [0.717, 1.165) is 31.9 Å². The van der Waals surface area contributed by atoms with Crippen LogP contribution in [0.25, 0.3) is 0 Å². The Labute approximate surface area is 161 Å². The lowest BCUT2D eigenvalue weighted by atomic mass is 9.98. The monoisotopic (exact) mass is 426 g/mol. The van der Waals surface area contributed by atoms with Gasteiger partial charge in [0.05, 0.1) is 7.11 Å². The number of unbranched alkanes of at least 4 members (excludes halogenated alkanes) is 2. The molecular formula is C17H29BrCl2N2O. The highest BCUT2D eigenvalue weighted by Crippen LogP contribution is 2.34. The minimum Gasteiger partial charge on any atom is -0.497 e. The van der Waals surface area contributed by atoms with E-state index < -0.39 is 0 Å². The highest BCUT2D eigenvalue weighted by atomic mass is 79.9. The van der Waals surface area contributed by atoms with Gasteiger partial charge in [-0.25, -0.2) is 0 Å². The number of nitrogens with one attached hydrogen (secondary N) is 1. The number of ether oxygens (including phenoxy) is 1. The van der Waals surface area contributed by atoms with E-state index in [2.05, 4.69) is 45.2 Å². The lowest BCUT2D eigenvalue weighted by molar-refractivity contribution is 0.162. The molecular weight excluding hydrogens is 399 g/mol. The molecule has 134 valence electrons. The third-order valence-corrected chi connectivity index (χ3v) is 4.96. The molecule has 6 heteroatoms. The topological polar surface area (TPSA) is 24.5 Å². The van der Waals surface area contributed by atoms with Crippen molar-refractivity contribution >= 4 is 40.7 Å². The average molecular weight is 428 g/mol. The summed E-state index contributed by atoms with van der Waals surface area (Å²) >= 11 is 3.74. The molecule has 1 saturated heterocycles. The van der Waals surface area contributed by atoms with Crippen LogP contribution in [-0.4, -0.2) is 38.2 Å². The van der Waals surface area contributed by atoms with Gasteiger partial charge in [-0.2, -0.15) is 0 Å². The number of halogens is 3. The maximum Gasteiger partial charge on any atom is 0.119 e. The lowest BCUT2D eigenvalue weighted by Gasteiger charge is -2.36. The zero-order valence-corrected chi connectivity index (χ0v) is 17.2. The molecule has 1 aromatic rings. The van der Waals surface area contributed by atoms with Crippen LogP contribution in [-0.2, 0) is 0 Å². The number of methoxy groups -OCH3 is 1. The summed E-state index contributed by atoms with van der Waals surface area (Å²) in [5, 5.41) is 3.45. The van der Waals surface area contributed by atoms with Gasteiger partial charge in [0.15, 0.2) is 0 Å². The molecule has 1 heterocycles. The van der Waals surface area contributed by atoms with Gasteiger partial charge >= 0.3 is 0 Å². The van der Waals surface area contributed by atoms with Gasteiger partial charge in [-0.05, 0) is 30.2 Å². The number of hydrogen-bond donors (Lipinski definition) is 1. The van der Waals surface area contributed by atoms with Gasteiger partial charge < -0.3 is 10.1 Å². The molecule has 0 amide bonds. The van der Waals surface area contributed by atoms with E-state index in [1.165, 1.54) is 35.7 Å². The van der Waals surface area contributed by atoms with Crippen molar-refractivity contribution < 1.29 is 4.74 Å². The van der Waals surface area contributed by atoms with Crippen LogP contribution in [0.1, 0.15) is 44.2 Å². The van der Waals surface area contributed by atoms with Crippen LogP contribution in [0.5, 0.6) is 5.75 Å². The first-order chi connectivity index (χ1) is 10.3. The fraction of sp³-hybridized carbons (Fsp3) is 0.647. The van der Waals surface area contributed by atoms with Crippen LogP contribution in [0.3, 0.4) is 0 Å². The molecule has 0 unspecified atom stereocenters. The Morgan fingerprint density at radius 1 is 1.22 bits per heavy atom. The quantitative estimate of drug-likeness (QED) is 0.630. The second-order valence-electron chi connectivity index (χ2n) is 5.68. The van der Waals surface area contributed by atoms with E-state index >= 15 is 0 Å². The van der Waals surface area contributed by atoms with Gasteiger partial charge in [-0.15, -0.1) is 24.8 Å². The molecule has 1 atom stereocenters. The van der Waals surface area contributed by atoms with Crippen LogP contribution < -0.4 is 10.1 Å². The molecule has 1 aromatic carbocycles. The molecule has 0 bridgehead atoms. The van der Waals surface area contributed by atoms with Gasteiger partial charge in [0.25, 0.3) is 0 Å². The predicted molar refractivity (Wildman–Crippen MR) is 107 cm³/mol. The third kappa shape index (κ3) is 6.79. The van der Waals surface area contributed by atoms with E-state index in [0.29, 0.717) is 6.04 Å². The van der Waals surface area contributed by atoms with Crippen LogP contribution in [0.2, 0.25) is 0 Å². The maximum absolute atomic E-state index is 5.42. The van der Waals surface area contributed by atoms with Crippen molar-refractivity contribution in [2.24, 2.45) is 0 Å². The zero-order valence-electron chi connectivity index (χ0n) is 14.0. The van der Waals surface area contributed by atoms with Crippen molar-refractivity contribution in [2.75, 3.05) is 33.3 Å². The molecule has 0 aliphatic carbocycles. The summed E-state index contributed by atoms with van der Waals surface area (Å²) in [5.74, 6) is 0.948. The predicted octanol–water partition coefficient (Wildman–Crippen LogP) is 4.83. The highest BCUT2D eigenvalue weighted by molar-refractivity contribution is 9.10. The van der Waals surface area contributed by atoms with E-state index in [1.54, 1.807) is 7.11 Å². The van der Waals surface area contributed by atoms with Crippen LogP contribution >= 0.6 is 40.7 Å². The van der Waals surface area contributed by atoms with Crippen molar-refractivity contribution in [3.8, 4) is 5.75 Å². The van der Waals surface area contributed by atoms with Crippen molar-refractivity contribution in [3.63, 3.8) is 0 Å². The minimum atomic E-state index is 0. The van der Waals surface area contributed by atoms with Gasteiger partial charge in [0.1, 0.15) is 5.75 Å². The molecule has 0 saturated carbocycles. The fourth-order valence-electron chi connectivity index (χ4n) is 3.02. The zero-order chi connectivity index (χ0) is 15.1. The van der Waals surface area contributed by atoms with Gasteiger partial charge in [-0.1, -0.05) is 42.1 Å². The first kappa shape index (κ1) is 23.0. The second-order valence-corrected chi connectivity index (χ2v) is 6.54. The van der Waals surface area contributed by atoms with Gasteiger partial charge in [0, 0.05) is 36.7 Å². The summed E-state index contributed by atoms with van der Waals surface area (Å²) in [6, 6.07) is 6.82.